The number of esters is 1. The SMILES string of the molecule is CCCOc1cccc(/C(O)=C2\C(=O)C(=O)N(c3ccc(C)c(C)c3)C2c2cccc(OC(C)=O)c2)c1. The summed E-state index contributed by atoms with van der Waals surface area (Å²) in [6, 6.07) is 17.9. The summed E-state index contributed by atoms with van der Waals surface area (Å²) < 4.78 is 10.9. The lowest BCUT2D eigenvalue weighted by molar-refractivity contribution is -0.132. The molecule has 1 fully saturated rings. The zero-order chi connectivity index (χ0) is 26.7. The number of carbonyl (C=O) groups excluding carboxylic acids is 3. The second kappa shape index (κ2) is 10.7. The Labute approximate surface area is 215 Å². The predicted molar refractivity (Wildman–Crippen MR) is 141 cm³/mol. The largest absolute Gasteiger partial charge is 0.507 e. The predicted octanol–water partition coefficient (Wildman–Crippen LogP) is 5.64. The molecule has 3 aromatic carbocycles. The average molecular weight is 500 g/mol. The smallest absolute Gasteiger partial charge is 0.308 e. The fourth-order valence-corrected chi connectivity index (χ4v) is 4.31. The van der Waals surface area contributed by atoms with Crippen LogP contribution in [0.5, 0.6) is 11.5 Å². The molecule has 4 rings (SSSR count). The molecule has 1 aliphatic rings. The van der Waals surface area contributed by atoms with Gasteiger partial charge in [0.25, 0.3) is 11.7 Å². The first-order valence-corrected chi connectivity index (χ1v) is 12.1. The maximum absolute atomic E-state index is 13.4. The van der Waals surface area contributed by atoms with Crippen LogP contribution in [-0.2, 0) is 14.4 Å². The number of ketones is 1. The van der Waals surface area contributed by atoms with Gasteiger partial charge in [0.2, 0.25) is 0 Å². The van der Waals surface area contributed by atoms with Gasteiger partial charge in [0, 0.05) is 18.2 Å². The zero-order valence-electron chi connectivity index (χ0n) is 21.3. The van der Waals surface area contributed by atoms with E-state index >= 15 is 0 Å². The first-order valence-electron chi connectivity index (χ1n) is 12.1. The van der Waals surface area contributed by atoms with E-state index in [0.29, 0.717) is 29.2 Å². The van der Waals surface area contributed by atoms with Gasteiger partial charge in [0.15, 0.2) is 0 Å². The molecule has 1 saturated heterocycles. The molecule has 1 unspecified atom stereocenters. The summed E-state index contributed by atoms with van der Waals surface area (Å²) >= 11 is 0. The van der Waals surface area contributed by atoms with Gasteiger partial charge < -0.3 is 14.6 Å². The van der Waals surface area contributed by atoms with Crippen LogP contribution < -0.4 is 14.4 Å². The minimum Gasteiger partial charge on any atom is -0.507 e. The average Bonchev–Trinajstić information content (AvgIpc) is 3.14. The van der Waals surface area contributed by atoms with E-state index in [-0.39, 0.29) is 17.1 Å². The molecule has 0 aromatic heterocycles. The Morgan fingerprint density at radius 2 is 1.68 bits per heavy atom. The molecular weight excluding hydrogens is 470 g/mol. The van der Waals surface area contributed by atoms with Gasteiger partial charge in [-0.25, -0.2) is 0 Å². The van der Waals surface area contributed by atoms with Gasteiger partial charge in [-0.05, 0) is 73.4 Å². The number of aliphatic hydroxyl groups is 1. The number of ether oxygens (including phenoxy) is 2. The van der Waals surface area contributed by atoms with E-state index in [4.69, 9.17) is 9.47 Å². The summed E-state index contributed by atoms with van der Waals surface area (Å²) in [4.78, 5) is 39.8. The molecule has 7 nitrogen and oxygen atoms in total. The van der Waals surface area contributed by atoms with Crippen molar-refractivity contribution >= 4 is 29.1 Å². The van der Waals surface area contributed by atoms with Crippen molar-refractivity contribution in [1.29, 1.82) is 0 Å². The van der Waals surface area contributed by atoms with E-state index in [9.17, 15) is 19.5 Å². The minimum absolute atomic E-state index is 0.0594. The standard InChI is InChI=1S/C30H29NO6/c1-5-14-36-24-10-7-9-22(17-24)28(33)26-27(21-8-6-11-25(16-21)37-20(4)32)31(30(35)29(26)34)23-13-12-18(2)19(3)15-23/h6-13,15-17,27,33H,5,14H2,1-4H3/b28-26+. The van der Waals surface area contributed by atoms with Crippen LogP contribution in [-0.4, -0.2) is 29.4 Å². The van der Waals surface area contributed by atoms with E-state index in [0.717, 1.165) is 17.5 Å². The second-order valence-electron chi connectivity index (χ2n) is 8.98. The molecule has 37 heavy (non-hydrogen) atoms. The lowest BCUT2D eigenvalue weighted by Gasteiger charge is -2.26. The molecule has 190 valence electrons. The molecule has 0 bridgehead atoms. The molecule has 0 radical (unpaired) electrons. The van der Waals surface area contributed by atoms with Crippen LogP contribution in [0.4, 0.5) is 5.69 Å². The summed E-state index contributed by atoms with van der Waals surface area (Å²) in [5.74, 6) is -1.56. The van der Waals surface area contributed by atoms with E-state index in [2.05, 4.69) is 0 Å². The van der Waals surface area contributed by atoms with Crippen molar-refractivity contribution in [3.8, 4) is 11.5 Å². The highest BCUT2D eigenvalue weighted by Gasteiger charge is 2.47. The molecule has 7 heteroatoms. The maximum atomic E-state index is 13.4. The van der Waals surface area contributed by atoms with Gasteiger partial charge in [-0.1, -0.05) is 37.3 Å². The summed E-state index contributed by atoms with van der Waals surface area (Å²) in [6.07, 6.45) is 0.815. The number of benzene rings is 3. The lowest BCUT2D eigenvalue weighted by Crippen LogP contribution is -2.29. The molecule has 1 N–H and O–H groups in total. The van der Waals surface area contributed by atoms with Crippen LogP contribution in [0.1, 0.15) is 48.6 Å². The van der Waals surface area contributed by atoms with Crippen LogP contribution in [0.15, 0.2) is 72.3 Å². The summed E-state index contributed by atoms with van der Waals surface area (Å²) in [7, 11) is 0. The van der Waals surface area contributed by atoms with E-state index in [1.54, 1.807) is 54.6 Å². The Morgan fingerprint density at radius 1 is 0.946 bits per heavy atom. The number of Topliss-reactive ketones (excluding diaryl/α,β-unsaturated/α-hetero) is 1. The number of hydrogen-bond acceptors (Lipinski definition) is 6. The second-order valence-corrected chi connectivity index (χ2v) is 8.98. The number of amides is 1. The molecule has 0 spiro atoms. The van der Waals surface area contributed by atoms with E-state index in [1.807, 2.05) is 32.9 Å². The quantitative estimate of drug-likeness (QED) is 0.149. The first kappa shape index (κ1) is 25.7. The first-order chi connectivity index (χ1) is 17.7. The van der Waals surface area contributed by atoms with Gasteiger partial charge in [0.1, 0.15) is 17.3 Å². The van der Waals surface area contributed by atoms with Gasteiger partial charge in [0.05, 0.1) is 18.2 Å². The number of anilines is 1. The zero-order valence-corrected chi connectivity index (χ0v) is 21.3. The summed E-state index contributed by atoms with van der Waals surface area (Å²) in [6.45, 7) is 7.67. The highest BCUT2D eigenvalue weighted by molar-refractivity contribution is 6.51. The fraction of sp³-hybridized carbons (Fsp3) is 0.233. The third-order valence-corrected chi connectivity index (χ3v) is 6.23. The van der Waals surface area contributed by atoms with Crippen LogP contribution in [0.2, 0.25) is 0 Å². The number of aliphatic hydroxyl groups excluding tert-OH is 1. The highest BCUT2D eigenvalue weighted by atomic mass is 16.5. The molecule has 3 aromatic rings. The van der Waals surface area contributed by atoms with Crippen molar-refractivity contribution < 1.29 is 29.0 Å². The van der Waals surface area contributed by atoms with Gasteiger partial charge in [-0.2, -0.15) is 0 Å². The summed E-state index contributed by atoms with van der Waals surface area (Å²) in [5.41, 5.74) is 3.32. The maximum Gasteiger partial charge on any atom is 0.308 e. The van der Waals surface area contributed by atoms with Gasteiger partial charge in [-0.15, -0.1) is 0 Å². The third-order valence-electron chi connectivity index (χ3n) is 6.23. The topological polar surface area (TPSA) is 93.1 Å². The number of carbonyl (C=O) groups is 3. The van der Waals surface area contributed by atoms with Crippen molar-refractivity contribution in [2.75, 3.05) is 11.5 Å². The van der Waals surface area contributed by atoms with E-state index in [1.165, 1.54) is 11.8 Å². The van der Waals surface area contributed by atoms with Crippen molar-refractivity contribution in [2.45, 2.75) is 40.2 Å². The Kier molecular flexibility index (Phi) is 7.43. The van der Waals surface area contributed by atoms with Crippen molar-refractivity contribution in [3.05, 3.63) is 94.6 Å². The Hall–Kier alpha value is -4.39. The molecule has 0 saturated carbocycles. The lowest BCUT2D eigenvalue weighted by atomic mass is 9.94. The number of rotatable bonds is 7. The number of nitrogens with zero attached hydrogens (tertiary/aromatic N) is 1. The van der Waals surface area contributed by atoms with Crippen molar-refractivity contribution in [1.82, 2.24) is 0 Å². The van der Waals surface area contributed by atoms with Crippen molar-refractivity contribution in [2.24, 2.45) is 0 Å². The Balaban J connectivity index is 1.91. The van der Waals surface area contributed by atoms with E-state index < -0.39 is 23.7 Å². The molecule has 1 atom stereocenters. The molecule has 0 aliphatic carbocycles. The van der Waals surface area contributed by atoms with Crippen LogP contribution in [0, 0.1) is 13.8 Å². The van der Waals surface area contributed by atoms with Crippen LogP contribution in [0.25, 0.3) is 5.76 Å². The third kappa shape index (κ3) is 5.26. The normalized spacial score (nSPS) is 16.6. The fourth-order valence-electron chi connectivity index (χ4n) is 4.31. The molecular formula is C30H29NO6. The van der Waals surface area contributed by atoms with Gasteiger partial charge >= 0.3 is 5.97 Å². The number of aryl methyl sites for hydroxylation is 2. The molecule has 1 amide bonds. The highest BCUT2D eigenvalue weighted by Crippen LogP contribution is 2.43. The van der Waals surface area contributed by atoms with Crippen LogP contribution >= 0.6 is 0 Å². The Bertz CT molecular complexity index is 1410. The molecule has 1 aliphatic heterocycles. The van der Waals surface area contributed by atoms with Crippen molar-refractivity contribution in [3.63, 3.8) is 0 Å². The molecule has 1 heterocycles. The monoisotopic (exact) mass is 499 g/mol. The Morgan fingerprint density at radius 3 is 2.38 bits per heavy atom. The van der Waals surface area contributed by atoms with Crippen LogP contribution in [0.3, 0.4) is 0 Å². The summed E-state index contributed by atoms with van der Waals surface area (Å²) in [5, 5.41) is 11.4. The number of hydrogen-bond donors (Lipinski definition) is 1. The minimum atomic E-state index is -0.946. The van der Waals surface area contributed by atoms with Gasteiger partial charge in [-0.3, -0.25) is 19.3 Å².